The molecule has 0 saturated carbocycles. The first-order valence-electron chi connectivity index (χ1n) is 11.7. The van der Waals surface area contributed by atoms with Gasteiger partial charge >= 0.3 is 0 Å². The van der Waals surface area contributed by atoms with E-state index in [1.165, 1.54) is 0 Å². The second-order valence-electron chi connectivity index (χ2n) is 8.37. The Morgan fingerprint density at radius 2 is 1.59 bits per heavy atom. The molecule has 0 atom stereocenters. The van der Waals surface area contributed by atoms with E-state index in [9.17, 15) is 4.79 Å². The molecule has 4 aromatic carbocycles. The molecular formula is C30H23Cl2N3O2. The number of nitrogens with zero attached hydrogens (tertiary/aromatic N) is 2. The van der Waals surface area contributed by atoms with E-state index in [-0.39, 0.29) is 12.5 Å². The quantitative estimate of drug-likeness (QED) is 0.229. The third-order valence-corrected chi connectivity index (χ3v) is 6.60. The zero-order valence-electron chi connectivity index (χ0n) is 19.8. The maximum absolute atomic E-state index is 13.1. The SMILES string of the molecule is O=C(NCc1cn(-c2ccccc2)nc1-c1ccccc1)c1cccc(COc2cccc(Cl)c2Cl)c1. The Morgan fingerprint density at radius 3 is 2.38 bits per heavy atom. The molecule has 0 radical (unpaired) electrons. The fourth-order valence-corrected chi connectivity index (χ4v) is 4.27. The van der Waals surface area contributed by atoms with Crippen LogP contribution < -0.4 is 10.1 Å². The number of hydrogen-bond donors (Lipinski definition) is 1. The van der Waals surface area contributed by atoms with E-state index in [0.717, 1.165) is 28.1 Å². The fourth-order valence-electron chi connectivity index (χ4n) is 3.93. The minimum absolute atomic E-state index is 0.186. The third kappa shape index (κ3) is 5.85. The van der Waals surface area contributed by atoms with Gasteiger partial charge in [0.1, 0.15) is 17.4 Å². The number of ether oxygens (including phenoxy) is 1. The molecule has 0 aliphatic heterocycles. The molecule has 1 aromatic heterocycles. The normalized spacial score (nSPS) is 10.8. The average molecular weight is 528 g/mol. The zero-order valence-corrected chi connectivity index (χ0v) is 21.3. The number of halogens is 2. The molecule has 5 aromatic rings. The van der Waals surface area contributed by atoms with Crippen molar-refractivity contribution in [3.63, 3.8) is 0 Å². The molecule has 0 fully saturated rings. The Hall–Kier alpha value is -4.06. The Labute approximate surface area is 225 Å². The first-order chi connectivity index (χ1) is 18.1. The van der Waals surface area contributed by atoms with Gasteiger partial charge in [0.2, 0.25) is 0 Å². The van der Waals surface area contributed by atoms with Gasteiger partial charge in [0.05, 0.1) is 16.4 Å². The molecule has 1 amide bonds. The van der Waals surface area contributed by atoms with Crippen molar-refractivity contribution in [3.8, 4) is 22.7 Å². The van der Waals surface area contributed by atoms with Gasteiger partial charge in [-0.25, -0.2) is 4.68 Å². The van der Waals surface area contributed by atoms with Gasteiger partial charge in [-0.3, -0.25) is 4.79 Å². The van der Waals surface area contributed by atoms with E-state index in [1.54, 1.807) is 30.3 Å². The molecular weight excluding hydrogens is 505 g/mol. The van der Waals surface area contributed by atoms with Gasteiger partial charge in [-0.15, -0.1) is 0 Å². The lowest BCUT2D eigenvalue weighted by atomic mass is 10.1. The van der Waals surface area contributed by atoms with Gasteiger partial charge in [0.15, 0.2) is 0 Å². The summed E-state index contributed by atoms with van der Waals surface area (Å²) in [4.78, 5) is 13.1. The number of nitrogens with one attached hydrogen (secondary N) is 1. The number of carbonyl (C=O) groups excluding carboxylic acids is 1. The number of aromatic nitrogens is 2. The highest BCUT2D eigenvalue weighted by molar-refractivity contribution is 6.42. The van der Waals surface area contributed by atoms with Crippen LogP contribution in [0.3, 0.4) is 0 Å². The molecule has 5 rings (SSSR count). The van der Waals surface area contributed by atoms with Crippen LogP contribution in [-0.4, -0.2) is 15.7 Å². The smallest absolute Gasteiger partial charge is 0.251 e. The average Bonchev–Trinajstić information content (AvgIpc) is 3.38. The number of hydrogen-bond acceptors (Lipinski definition) is 3. The van der Waals surface area contributed by atoms with Gasteiger partial charge in [-0.05, 0) is 42.0 Å². The van der Waals surface area contributed by atoms with Gasteiger partial charge in [0.25, 0.3) is 5.91 Å². The highest BCUT2D eigenvalue weighted by Crippen LogP contribution is 2.32. The molecule has 37 heavy (non-hydrogen) atoms. The largest absolute Gasteiger partial charge is 0.487 e. The van der Waals surface area contributed by atoms with Gasteiger partial charge in [0, 0.05) is 29.4 Å². The van der Waals surface area contributed by atoms with Crippen LogP contribution in [0.25, 0.3) is 16.9 Å². The third-order valence-electron chi connectivity index (χ3n) is 5.80. The highest BCUT2D eigenvalue weighted by Gasteiger charge is 2.14. The monoisotopic (exact) mass is 527 g/mol. The lowest BCUT2D eigenvalue weighted by molar-refractivity contribution is 0.0951. The summed E-state index contributed by atoms with van der Waals surface area (Å²) in [6, 6.07) is 32.4. The maximum atomic E-state index is 13.1. The fraction of sp³-hybridized carbons (Fsp3) is 0.0667. The van der Waals surface area contributed by atoms with Crippen LogP contribution >= 0.6 is 23.2 Å². The van der Waals surface area contributed by atoms with Crippen molar-refractivity contribution in [2.45, 2.75) is 13.2 Å². The van der Waals surface area contributed by atoms with Crippen LogP contribution in [0.4, 0.5) is 0 Å². The van der Waals surface area contributed by atoms with E-state index in [4.69, 9.17) is 33.0 Å². The van der Waals surface area contributed by atoms with E-state index in [2.05, 4.69) is 5.32 Å². The number of carbonyl (C=O) groups is 1. The minimum atomic E-state index is -0.186. The Balaban J connectivity index is 1.31. The lowest BCUT2D eigenvalue weighted by Gasteiger charge is -2.10. The molecule has 7 heteroatoms. The summed E-state index contributed by atoms with van der Waals surface area (Å²) in [7, 11) is 0. The van der Waals surface area contributed by atoms with Crippen LogP contribution in [-0.2, 0) is 13.2 Å². The van der Waals surface area contributed by atoms with E-state index >= 15 is 0 Å². The maximum Gasteiger partial charge on any atom is 0.251 e. The number of para-hydroxylation sites is 1. The summed E-state index contributed by atoms with van der Waals surface area (Å²) in [5.41, 5.74) is 5.05. The molecule has 1 heterocycles. The van der Waals surface area contributed by atoms with Crippen LogP contribution in [0.2, 0.25) is 10.0 Å². The van der Waals surface area contributed by atoms with E-state index in [0.29, 0.717) is 27.9 Å². The molecule has 1 N–H and O–H groups in total. The van der Waals surface area contributed by atoms with Crippen LogP contribution in [0.15, 0.2) is 109 Å². The molecule has 0 spiro atoms. The van der Waals surface area contributed by atoms with E-state index < -0.39 is 0 Å². The van der Waals surface area contributed by atoms with Gasteiger partial charge < -0.3 is 10.1 Å². The van der Waals surface area contributed by atoms with Crippen LogP contribution in [0.5, 0.6) is 5.75 Å². The summed E-state index contributed by atoms with van der Waals surface area (Å²) in [5.74, 6) is 0.307. The number of rotatable bonds is 8. The van der Waals surface area contributed by atoms with Crippen LogP contribution in [0, 0.1) is 0 Å². The summed E-state index contributed by atoms with van der Waals surface area (Å²) in [5, 5.41) is 8.64. The highest BCUT2D eigenvalue weighted by atomic mass is 35.5. The Morgan fingerprint density at radius 1 is 0.865 bits per heavy atom. The summed E-state index contributed by atoms with van der Waals surface area (Å²) >= 11 is 12.3. The molecule has 0 saturated heterocycles. The first kappa shape index (κ1) is 24.6. The second-order valence-corrected chi connectivity index (χ2v) is 9.16. The summed E-state index contributed by atoms with van der Waals surface area (Å²) in [6.45, 7) is 0.581. The van der Waals surface area contributed by atoms with E-state index in [1.807, 2.05) is 83.7 Å². The Bertz CT molecular complexity index is 1520. The zero-order chi connectivity index (χ0) is 25.6. The van der Waals surface area contributed by atoms with Crippen molar-refractivity contribution in [1.29, 1.82) is 0 Å². The van der Waals surface area contributed by atoms with Crippen molar-refractivity contribution < 1.29 is 9.53 Å². The molecule has 0 unspecified atom stereocenters. The minimum Gasteiger partial charge on any atom is -0.487 e. The summed E-state index contributed by atoms with van der Waals surface area (Å²) < 4.78 is 7.65. The molecule has 0 bridgehead atoms. The first-order valence-corrected chi connectivity index (χ1v) is 12.5. The van der Waals surface area contributed by atoms with Gasteiger partial charge in [-0.2, -0.15) is 5.10 Å². The van der Waals surface area contributed by atoms with Crippen molar-refractivity contribution in [1.82, 2.24) is 15.1 Å². The van der Waals surface area contributed by atoms with Crippen molar-refractivity contribution in [3.05, 3.63) is 136 Å². The standard InChI is InChI=1S/C30H23Cl2N3O2/c31-26-15-8-16-27(28(26)32)37-20-21-9-7-12-23(17-21)30(36)33-18-24-19-35(25-13-5-2-6-14-25)34-29(24)22-10-3-1-4-11-22/h1-17,19H,18,20H2,(H,33,36). The lowest BCUT2D eigenvalue weighted by Crippen LogP contribution is -2.23. The topological polar surface area (TPSA) is 56.2 Å². The van der Waals surface area contributed by atoms with Gasteiger partial charge in [-0.1, -0.05) is 89.9 Å². The Kier molecular flexibility index (Phi) is 7.54. The second kappa shape index (κ2) is 11.3. The predicted octanol–water partition coefficient (Wildman–Crippen LogP) is 7.36. The number of benzene rings is 4. The van der Waals surface area contributed by atoms with Crippen molar-refractivity contribution >= 4 is 29.1 Å². The predicted molar refractivity (Wildman–Crippen MR) is 147 cm³/mol. The molecule has 184 valence electrons. The number of amides is 1. The summed E-state index contributed by atoms with van der Waals surface area (Å²) in [6.07, 6.45) is 1.96. The van der Waals surface area contributed by atoms with Crippen molar-refractivity contribution in [2.24, 2.45) is 0 Å². The molecule has 0 aliphatic rings. The van der Waals surface area contributed by atoms with Crippen molar-refractivity contribution in [2.75, 3.05) is 0 Å². The molecule has 0 aliphatic carbocycles. The van der Waals surface area contributed by atoms with Crippen LogP contribution in [0.1, 0.15) is 21.5 Å². The molecule has 5 nitrogen and oxygen atoms in total.